The zero-order valence-corrected chi connectivity index (χ0v) is 23.8. The van der Waals surface area contributed by atoms with E-state index in [0.717, 1.165) is 83.5 Å². The van der Waals surface area contributed by atoms with Crippen molar-refractivity contribution in [1.82, 2.24) is 19.8 Å². The first kappa shape index (κ1) is 27.9. The SMILES string of the molecule is Cc1ccc(Nc2nc(N[C@H]3CC[C@H](O)CC3)c(Cl)nc2C(N)=O)cc1N1CCC(N2CCN(C)CC2)CC1. The predicted octanol–water partition coefficient (Wildman–Crippen LogP) is 3.21. The molecule has 1 aromatic heterocycles. The van der Waals surface area contributed by atoms with Gasteiger partial charge in [0.05, 0.1) is 6.10 Å². The molecule has 5 rings (SSSR count). The van der Waals surface area contributed by atoms with Crippen molar-refractivity contribution in [3.05, 3.63) is 34.6 Å². The number of hydrogen-bond donors (Lipinski definition) is 4. The van der Waals surface area contributed by atoms with Gasteiger partial charge in [-0.2, -0.15) is 0 Å². The highest BCUT2D eigenvalue weighted by Crippen LogP contribution is 2.32. The van der Waals surface area contributed by atoms with Crippen molar-refractivity contribution in [2.45, 2.75) is 63.6 Å². The summed E-state index contributed by atoms with van der Waals surface area (Å²) < 4.78 is 0. The zero-order chi connectivity index (χ0) is 27.5. The van der Waals surface area contributed by atoms with E-state index in [9.17, 15) is 9.90 Å². The number of nitrogens with two attached hydrogens (primary N) is 1. The molecule has 1 aromatic carbocycles. The second-order valence-electron chi connectivity index (χ2n) is 11.3. The van der Waals surface area contributed by atoms with Crippen molar-refractivity contribution in [2.24, 2.45) is 5.73 Å². The average molecular weight is 557 g/mol. The number of nitrogens with zero attached hydrogens (tertiary/aromatic N) is 5. The van der Waals surface area contributed by atoms with Crippen LogP contribution < -0.4 is 21.3 Å². The lowest BCUT2D eigenvalue weighted by atomic mass is 9.93. The van der Waals surface area contributed by atoms with Crippen molar-refractivity contribution in [1.29, 1.82) is 0 Å². The first-order chi connectivity index (χ1) is 18.8. The third kappa shape index (κ3) is 6.74. The van der Waals surface area contributed by atoms with Crippen LogP contribution in [0.4, 0.5) is 23.0 Å². The molecule has 0 atom stereocenters. The topological polar surface area (TPSA) is 123 Å². The van der Waals surface area contributed by atoms with Crippen molar-refractivity contribution in [2.75, 3.05) is 61.8 Å². The highest BCUT2D eigenvalue weighted by Gasteiger charge is 2.28. The number of piperazine rings is 1. The molecule has 1 amide bonds. The molecule has 0 bridgehead atoms. The molecule has 2 aliphatic heterocycles. The van der Waals surface area contributed by atoms with Crippen LogP contribution in [0.3, 0.4) is 0 Å². The minimum Gasteiger partial charge on any atom is -0.393 e. The summed E-state index contributed by atoms with van der Waals surface area (Å²) in [4.78, 5) is 28.6. The number of aliphatic hydroxyl groups is 1. The summed E-state index contributed by atoms with van der Waals surface area (Å²) in [5, 5.41) is 16.6. The number of nitrogens with one attached hydrogen (secondary N) is 2. The van der Waals surface area contributed by atoms with E-state index < -0.39 is 5.91 Å². The molecular weight excluding hydrogens is 516 g/mol. The third-order valence-electron chi connectivity index (χ3n) is 8.46. The molecule has 3 fully saturated rings. The van der Waals surface area contributed by atoms with Crippen molar-refractivity contribution < 1.29 is 9.90 Å². The fraction of sp³-hybridized carbons (Fsp3) is 0.607. The number of piperidine rings is 1. The number of hydrogen-bond acceptors (Lipinski definition) is 9. The van der Waals surface area contributed by atoms with Crippen molar-refractivity contribution in [3.63, 3.8) is 0 Å². The Morgan fingerprint density at radius 2 is 1.69 bits per heavy atom. The van der Waals surface area contributed by atoms with Gasteiger partial charge in [0.2, 0.25) is 0 Å². The largest absolute Gasteiger partial charge is 0.393 e. The minimum atomic E-state index is -0.697. The van der Waals surface area contributed by atoms with Gasteiger partial charge < -0.3 is 31.3 Å². The maximum absolute atomic E-state index is 12.2. The van der Waals surface area contributed by atoms with E-state index in [4.69, 9.17) is 17.3 Å². The maximum atomic E-state index is 12.2. The van der Waals surface area contributed by atoms with Crippen LogP contribution in [0.15, 0.2) is 18.2 Å². The highest BCUT2D eigenvalue weighted by molar-refractivity contribution is 6.32. The molecule has 212 valence electrons. The molecule has 10 nitrogen and oxygen atoms in total. The summed E-state index contributed by atoms with van der Waals surface area (Å²) in [6, 6.07) is 6.96. The summed E-state index contributed by atoms with van der Waals surface area (Å²) in [7, 11) is 2.20. The number of aryl methyl sites for hydroxylation is 1. The van der Waals surface area contributed by atoms with E-state index in [1.807, 2.05) is 6.07 Å². The molecule has 3 heterocycles. The smallest absolute Gasteiger partial charge is 0.271 e. The summed E-state index contributed by atoms with van der Waals surface area (Å²) in [6.45, 7) is 8.76. The van der Waals surface area contributed by atoms with E-state index in [1.54, 1.807) is 0 Å². The Balaban J connectivity index is 1.30. The van der Waals surface area contributed by atoms with Gasteiger partial charge in [0, 0.05) is 62.7 Å². The number of likely N-dealkylation sites (N-methyl/N-ethyl adjacent to an activating group) is 1. The Bertz CT molecular complexity index is 1160. The number of rotatable bonds is 7. The summed E-state index contributed by atoms with van der Waals surface area (Å²) in [6.07, 6.45) is 5.13. The molecule has 1 aliphatic carbocycles. The fourth-order valence-electron chi connectivity index (χ4n) is 6.00. The van der Waals surface area contributed by atoms with Gasteiger partial charge in [-0.15, -0.1) is 0 Å². The normalized spacial score (nSPS) is 23.5. The van der Waals surface area contributed by atoms with Gasteiger partial charge in [-0.05, 0) is 70.2 Å². The Morgan fingerprint density at radius 1 is 1.00 bits per heavy atom. The molecule has 3 aliphatic rings. The molecule has 39 heavy (non-hydrogen) atoms. The molecule has 11 heteroatoms. The molecule has 0 radical (unpaired) electrons. The first-order valence-electron chi connectivity index (χ1n) is 14.1. The minimum absolute atomic E-state index is 0.000248. The van der Waals surface area contributed by atoms with Gasteiger partial charge in [0.1, 0.15) is 0 Å². The lowest BCUT2D eigenvalue weighted by Gasteiger charge is -2.43. The number of primary amides is 1. The Labute approximate surface area is 235 Å². The standard InChI is InChI=1S/C28H41ClN8O2/c1-18-3-4-20(17-23(18)37-11-9-21(10-12-37)36-15-13-35(2)14-16-36)32-27-24(26(30)39)33-25(29)28(34-27)31-19-5-7-22(38)8-6-19/h3-4,17,19,21-22,38H,5-16H2,1-2H3,(H2,30,39)(H2,31,32,34)/t19-,22-. The number of aromatic nitrogens is 2. The molecule has 0 unspecified atom stereocenters. The van der Waals surface area contributed by atoms with E-state index in [1.165, 1.54) is 11.3 Å². The van der Waals surface area contributed by atoms with Gasteiger partial charge in [-0.3, -0.25) is 9.69 Å². The van der Waals surface area contributed by atoms with Gasteiger partial charge in [-0.1, -0.05) is 17.7 Å². The number of carbonyl (C=O) groups is 1. The molecule has 5 N–H and O–H groups in total. The zero-order valence-electron chi connectivity index (χ0n) is 23.0. The van der Waals surface area contributed by atoms with Crippen LogP contribution in [-0.4, -0.2) is 95.3 Å². The third-order valence-corrected chi connectivity index (χ3v) is 8.72. The average Bonchev–Trinajstić information content (AvgIpc) is 2.93. The number of carbonyl (C=O) groups excluding carboxylic acids is 1. The monoisotopic (exact) mass is 556 g/mol. The number of benzene rings is 1. The van der Waals surface area contributed by atoms with Crippen LogP contribution >= 0.6 is 11.6 Å². The Hall–Kier alpha value is -2.66. The molecule has 2 saturated heterocycles. The molecule has 1 saturated carbocycles. The number of aliphatic hydroxyl groups excluding tert-OH is 1. The van der Waals surface area contributed by atoms with Crippen LogP contribution in [0, 0.1) is 6.92 Å². The molecule has 2 aromatic rings. The second kappa shape index (κ2) is 12.2. The van der Waals surface area contributed by atoms with Crippen LogP contribution in [0.25, 0.3) is 0 Å². The van der Waals surface area contributed by atoms with E-state index >= 15 is 0 Å². The number of halogens is 1. The van der Waals surface area contributed by atoms with E-state index in [0.29, 0.717) is 11.9 Å². The van der Waals surface area contributed by atoms with E-state index in [2.05, 4.69) is 61.4 Å². The van der Waals surface area contributed by atoms with Crippen LogP contribution in [-0.2, 0) is 0 Å². The molecular formula is C28H41ClN8O2. The second-order valence-corrected chi connectivity index (χ2v) is 11.6. The predicted molar refractivity (Wildman–Crippen MR) is 156 cm³/mol. The quantitative estimate of drug-likeness (QED) is 0.407. The van der Waals surface area contributed by atoms with Crippen LogP contribution in [0.5, 0.6) is 0 Å². The van der Waals surface area contributed by atoms with Crippen LogP contribution in [0.1, 0.15) is 54.6 Å². The lowest BCUT2D eigenvalue weighted by molar-refractivity contribution is 0.0982. The Morgan fingerprint density at radius 3 is 2.36 bits per heavy atom. The lowest BCUT2D eigenvalue weighted by Crippen LogP contribution is -2.52. The Kier molecular flexibility index (Phi) is 8.76. The van der Waals surface area contributed by atoms with Gasteiger partial charge in [-0.25, -0.2) is 9.97 Å². The van der Waals surface area contributed by atoms with Gasteiger partial charge in [0.15, 0.2) is 22.5 Å². The first-order valence-corrected chi connectivity index (χ1v) is 14.5. The van der Waals surface area contributed by atoms with Crippen molar-refractivity contribution >= 4 is 40.5 Å². The summed E-state index contributed by atoms with van der Waals surface area (Å²) >= 11 is 6.39. The summed E-state index contributed by atoms with van der Waals surface area (Å²) in [5.41, 5.74) is 8.83. The van der Waals surface area contributed by atoms with Gasteiger partial charge in [0.25, 0.3) is 5.91 Å². The summed E-state index contributed by atoms with van der Waals surface area (Å²) in [5.74, 6) is -0.0183. The number of amides is 1. The maximum Gasteiger partial charge on any atom is 0.271 e. The number of anilines is 4. The van der Waals surface area contributed by atoms with E-state index in [-0.39, 0.29) is 28.8 Å². The van der Waals surface area contributed by atoms with Crippen LogP contribution in [0.2, 0.25) is 5.15 Å². The van der Waals surface area contributed by atoms with Crippen molar-refractivity contribution in [3.8, 4) is 0 Å². The van der Waals surface area contributed by atoms with Gasteiger partial charge >= 0.3 is 0 Å². The molecule has 0 spiro atoms. The fourth-order valence-corrected chi connectivity index (χ4v) is 6.18. The highest BCUT2D eigenvalue weighted by atomic mass is 35.5.